The largest absolute Gasteiger partial charge is 0.382 e. The number of halogens is 1. The summed E-state index contributed by atoms with van der Waals surface area (Å²) in [4.78, 5) is 0. The molecule has 0 unspecified atom stereocenters. The monoisotopic (exact) mass is 265 g/mol. The number of rotatable bonds is 1. The first-order valence-electron chi connectivity index (χ1n) is 4.64. The van der Waals surface area contributed by atoms with Crippen molar-refractivity contribution in [2.45, 2.75) is 6.92 Å². The van der Waals surface area contributed by atoms with Crippen molar-refractivity contribution in [2.75, 3.05) is 5.73 Å². The van der Waals surface area contributed by atoms with Crippen molar-refractivity contribution < 1.29 is 0 Å². The van der Waals surface area contributed by atoms with Crippen LogP contribution in [-0.2, 0) is 7.05 Å². The molecule has 0 spiro atoms. The lowest BCUT2D eigenvalue weighted by Crippen LogP contribution is -1.94. The highest BCUT2D eigenvalue weighted by molar-refractivity contribution is 9.10. The summed E-state index contributed by atoms with van der Waals surface area (Å²) in [5.41, 5.74) is 8.98. The maximum Gasteiger partial charge on any atom is 0.148 e. The van der Waals surface area contributed by atoms with Crippen LogP contribution >= 0.6 is 15.9 Å². The van der Waals surface area contributed by atoms with Crippen molar-refractivity contribution in [3.63, 3.8) is 0 Å². The second kappa shape index (κ2) is 3.70. The van der Waals surface area contributed by atoms with E-state index in [1.165, 1.54) is 0 Å². The zero-order valence-electron chi connectivity index (χ0n) is 8.66. The molecule has 1 aromatic heterocycles. The number of nitrogens with zero attached hydrogens (tertiary/aromatic N) is 2. The quantitative estimate of drug-likeness (QED) is 0.862. The molecule has 1 heterocycles. The van der Waals surface area contributed by atoms with Gasteiger partial charge in [-0.2, -0.15) is 5.10 Å². The van der Waals surface area contributed by atoms with Gasteiger partial charge in [0, 0.05) is 22.6 Å². The summed E-state index contributed by atoms with van der Waals surface area (Å²) in [5.74, 6) is 0.590. The van der Waals surface area contributed by atoms with Crippen LogP contribution in [-0.4, -0.2) is 9.78 Å². The number of benzene rings is 1. The molecule has 3 nitrogen and oxygen atoms in total. The molecule has 15 heavy (non-hydrogen) atoms. The van der Waals surface area contributed by atoms with Crippen LogP contribution in [0.3, 0.4) is 0 Å². The van der Waals surface area contributed by atoms with Crippen molar-refractivity contribution in [1.82, 2.24) is 9.78 Å². The van der Waals surface area contributed by atoms with Crippen molar-refractivity contribution in [3.8, 4) is 11.3 Å². The Bertz CT molecular complexity index is 503. The molecular formula is C11H12BrN3. The zero-order chi connectivity index (χ0) is 11.0. The second-order valence-corrected chi connectivity index (χ2v) is 4.41. The van der Waals surface area contributed by atoms with Gasteiger partial charge in [-0.25, -0.2) is 0 Å². The number of hydrogen-bond acceptors (Lipinski definition) is 2. The van der Waals surface area contributed by atoms with Crippen LogP contribution in [0.5, 0.6) is 0 Å². The first kappa shape index (κ1) is 10.2. The summed E-state index contributed by atoms with van der Waals surface area (Å²) >= 11 is 3.45. The topological polar surface area (TPSA) is 43.8 Å². The van der Waals surface area contributed by atoms with E-state index in [9.17, 15) is 0 Å². The van der Waals surface area contributed by atoms with Gasteiger partial charge < -0.3 is 5.73 Å². The molecule has 0 atom stereocenters. The Labute approximate surface area is 97.0 Å². The third-order valence-electron chi connectivity index (χ3n) is 2.42. The maximum atomic E-state index is 5.77. The Morgan fingerprint density at radius 2 is 2.13 bits per heavy atom. The van der Waals surface area contributed by atoms with Crippen LogP contribution in [0.25, 0.3) is 11.3 Å². The van der Waals surface area contributed by atoms with E-state index in [1.54, 1.807) is 0 Å². The molecule has 2 aromatic rings. The molecule has 2 N–H and O–H groups in total. The van der Waals surface area contributed by atoms with E-state index in [0.29, 0.717) is 5.82 Å². The Morgan fingerprint density at radius 3 is 2.67 bits per heavy atom. The van der Waals surface area contributed by atoms with Crippen LogP contribution in [0.4, 0.5) is 5.82 Å². The van der Waals surface area contributed by atoms with Gasteiger partial charge >= 0.3 is 0 Å². The highest BCUT2D eigenvalue weighted by Gasteiger charge is 2.11. The van der Waals surface area contributed by atoms with Crippen LogP contribution < -0.4 is 5.73 Å². The molecule has 0 bridgehead atoms. The van der Waals surface area contributed by atoms with Gasteiger partial charge in [-0.05, 0) is 19.1 Å². The summed E-state index contributed by atoms with van der Waals surface area (Å²) in [5, 5.41) is 4.20. The summed E-state index contributed by atoms with van der Waals surface area (Å²) in [6.07, 6.45) is 0. The Kier molecular flexibility index (Phi) is 2.52. The first-order chi connectivity index (χ1) is 7.09. The number of anilines is 1. The molecule has 0 saturated heterocycles. The third kappa shape index (κ3) is 1.77. The molecule has 4 heteroatoms. The van der Waals surface area contributed by atoms with Crippen molar-refractivity contribution in [2.24, 2.45) is 7.05 Å². The standard InChI is InChI=1S/C11H12BrN3/c1-7-10(15(2)14-11(7)13)8-4-3-5-9(12)6-8/h3-6H,1-2H3,(H2,13,14). The van der Waals surface area contributed by atoms with Gasteiger partial charge in [0.1, 0.15) is 5.82 Å². The number of nitrogen functional groups attached to an aromatic ring is 1. The van der Waals surface area contributed by atoms with Crippen LogP contribution in [0, 0.1) is 6.92 Å². The number of hydrogen-bond donors (Lipinski definition) is 1. The Balaban J connectivity index is 2.63. The average molecular weight is 266 g/mol. The number of aromatic nitrogens is 2. The molecule has 0 aliphatic carbocycles. The normalized spacial score (nSPS) is 10.6. The van der Waals surface area contributed by atoms with E-state index in [0.717, 1.165) is 21.3 Å². The summed E-state index contributed by atoms with van der Waals surface area (Å²) in [6, 6.07) is 8.11. The van der Waals surface area contributed by atoms with E-state index in [1.807, 2.05) is 36.9 Å². The SMILES string of the molecule is Cc1c(N)nn(C)c1-c1cccc(Br)c1. The molecule has 1 aromatic carbocycles. The fraction of sp³-hybridized carbons (Fsp3) is 0.182. The van der Waals surface area contributed by atoms with Gasteiger partial charge in [-0.3, -0.25) is 4.68 Å². The lowest BCUT2D eigenvalue weighted by molar-refractivity contribution is 0.780. The molecule has 0 amide bonds. The molecular weight excluding hydrogens is 254 g/mol. The molecule has 0 aliphatic rings. The van der Waals surface area contributed by atoms with E-state index in [-0.39, 0.29) is 0 Å². The number of aryl methyl sites for hydroxylation is 1. The van der Waals surface area contributed by atoms with Crippen LogP contribution in [0.15, 0.2) is 28.7 Å². The molecule has 0 fully saturated rings. The third-order valence-corrected chi connectivity index (χ3v) is 2.91. The Hall–Kier alpha value is -1.29. The molecule has 0 saturated carbocycles. The Morgan fingerprint density at radius 1 is 1.40 bits per heavy atom. The van der Waals surface area contributed by atoms with Gasteiger partial charge in [-0.15, -0.1) is 0 Å². The van der Waals surface area contributed by atoms with E-state index in [2.05, 4.69) is 27.1 Å². The first-order valence-corrected chi connectivity index (χ1v) is 5.44. The zero-order valence-corrected chi connectivity index (χ0v) is 10.2. The van der Waals surface area contributed by atoms with Gasteiger partial charge in [0.05, 0.1) is 5.69 Å². The molecule has 78 valence electrons. The molecule has 0 aliphatic heterocycles. The summed E-state index contributed by atoms with van der Waals surface area (Å²) < 4.78 is 2.87. The van der Waals surface area contributed by atoms with Crippen LogP contribution in [0.1, 0.15) is 5.56 Å². The fourth-order valence-electron chi connectivity index (χ4n) is 1.69. The van der Waals surface area contributed by atoms with Gasteiger partial charge in [0.2, 0.25) is 0 Å². The van der Waals surface area contributed by atoms with Crippen molar-refractivity contribution in [3.05, 3.63) is 34.3 Å². The lowest BCUT2D eigenvalue weighted by Gasteiger charge is -2.03. The van der Waals surface area contributed by atoms with E-state index >= 15 is 0 Å². The van der Waals surface area contributed by atoms with E-state index < -0.39 is 0 Å². The molecule has 2 rings (SSSR count). The fourth-order valence-corrected chi connectivity index (χ4v) is 2.09. The van der Waals surface area contributed by atoms with Gasteiger partial charge in [0.25, 0.3) is 0 Å². The minimum atomic E-state index is 0.590. The minimum absolute atomic E-state index is 0.590. The smallest absolute Gasteiger partial charge is 0.148 e. The average Bonchev–Trinajstić information content (AvgIpc) is 2.41. The van der Waals surface area contributed by atoms with E-state index in [4.69, 9.17) is 5.73 Å². The second-order valence-electron chi connectivity index (χ2n) is 3.49. The van der Waals surface area contributed by atoms with Crippen molar-refractivity contribution >= 4 is 21.7 Å². The predicted molar refractivity (Wildman–Crippen MR) is 65.5 cm³/mol. The van der Waals surface area contributed by atoms with Crippen molar-refractivity contribution in [1.29, 1.82) is 0 Å². The highest BCUT2D eigenvalue weighted by atomic mass is 79.9. The maximum absolute atomic E-state index is 5.77. The van der Waals surface area contributed by atoms with Gasteiger partial charge in [0.15, 0.2) is 0 Å². The van der Waals surface area contributed by atoms with Gasteiger partial charge in [-0.1, -0.05) is 28.1 Å². The summed E-state index contributed by atoms with van der Waals surface area (Å²) in [7, 11) is 1.90. The predicted octanol–water partition coefficient (Wildman–Crippen LogP) is 2.74. The lowest BCUT2D eigenvalue weighted by atomic mass is 10.1. The summed E-state index contributed by atoms with van der Waals surface area (Å²) in [6.45, 7) is 1.98. The molecule has 0 radical (unpaired) electrons. The number of nitrogens with two attached hydrogens (primary N) is 1. The van der Waals surface area contributed by atoms with Crippen LogP contribution in [0.2, 0.25) is 0 Å². The minimum Gasteiger partial charge on any atom is -0.382 e. The highest BCUT2D eigenvalue weighted by Crippen LogP contribution is 2.28.